The maximum absolute atomic E-state index is 11.7. The van der Waals surface area contributed by atoms with Crippen molar-refractivity contribution in [3.05, 3.63) is 0 Å². The number of carbonyl (C=O) groups is 4. The molecule has 0 aliphatic carbocycles. The first-order chi connectivity index (χ1) is 9.90. The van der Waals surface area contributed by atoms with Crippen LogP contribution in [0.2, 0.25) is 0 Å². The molecule has 0 aromatic carbocycles. The number of aliphatic carboxylic acids is 2. The highest BCUT2D eigenvalue weighted by Gasteiger charge is 2.22. The fourth-order valence-electron chi connectivity index (χ4n) is 1.97. The molecule has 1 aliphatic rings. The van der Waals surface area contributed by atoms with E-state index >= 15 is 0 Å². The van der Waals surface area contributed by atoms with Gasteiger partial charge in [0.15, 0.2) is 0 Å². The number of nitrogens with one attached hydrogen (secondary N) is 2. The van der Waals surface area contributed by atoms with Gasteiger partial charge in [0.25, 0.3) is 0 Å². The summed E-state index contributed by atoms with van der Waals surface area (Å²) < 4.78 is 0. The standard InChI is InChI=1S/C12H19N3O6/c16-9(15-5-1-2-6-15)7-13-12(21)14-8(11(19)20)3-4-10(17)18/h8H,1-7H2,(H,17,18)(H,19,20)(H2,13,14,21)/t8-/m0/s1. The van der Waals surface area contributed by atoms with Crippen LogP contribution in [0.4, 0.5) is 4.79 Å². The van der Waals surface area contributed by atoms with Crippen molar-refractivity contribution >= 4 is 23.9 Å². The van der Waals surface area contributed by atoms with Crippen LogP contribution in [0.5, 0.6) is 0 Å². The quantitative estimate of drug-likeness (QED) is 0.487. The van der Waals surface area contributed by atoms with E-state index in [1.165, 1.54) is 0 Å². The zero-order valence-electron chi connectivity index (χ0n) is 11.5. The van der Waals surface area contributed by atoms with Crippen molar-refractivity contribution in [2.45, 2.75) is 31.7 Å². The normalized spacial score (nSPS) is 15.3. The first kappa shape index (κ1) is 16.7. The molecular formula is C12H19N3O6. The van der Waals surface area contributed by atoms with E-state index in [9.17, 15) is 19.2 Å². The monoisotopic (exact) mass is 301 g/mol. The highest BCUT2D eigenvalue weighted by atomic mass is 16.4. The molecule has 3 amide bonds. The SMILES string of the molecule is O=C(O)CC[C@H](NC(=O)NCC(=O)N1CCCC1)C(=O)O. The molecule has 1 rings (SSSR count). The number of rotatable bonds is 7. The second-order valence-electron chi connectivity index (χ2n) is 4.74. The second-order valence-corrected chi connectivity index (χ2v) is 4.74. The summed E-state index contributed by atoms with van der Waals surface area (Å²) >= 11 is 0. The number of carboxylic acid groups (broad SMARTS) is 2. The largest absolute Gasteiger partial charge is 0.481 e. The van der Waals surface area contributed by atoms with Crippen molar-refractivity contribution in [3.8, 4) is 0 Å². The summed E-state index contributed by atoms with van der Waals surface area (Å²) in [6.07, 6.45) is 1.28. The lowest BCUT2D eigenvalue weighted by Gasteiger charge is -2.17. The number of hydrogen-bond donors (Lipinski definition) is 4. The third-order valence-corrected chi connectivity index (χ3v) is 3.11. The van der Waals surface area contributed by atoms with Crippen molar-refractivity contribution in [3.63, 3.8) is 0 Å². The molecule has 4 N–H and O–H groups in total. The molecule has 0 saturated carbocycles. The Balaban J connectivity index is 2.33. The summed E-state index contributed by atoms with van der Waals surface area (Å²) in [6, 6.07) is -2.11. The number of nitrogens with zero attached hydrogens (tertiary/aromatic N) is 1. The molecular weight excluding hydrogens is 282 g/mol. The summed E-state index contributed by atoms with van der Waals surface area (Å²) in [5, 5.41) is 21.8. The molecule has 9 nitrogen and oxygen atoms in total. The zero-order valence-corrected chi connectivity index (χ0v) is 11.5. The van der Waals surface area contributed by atoms with Gasteiger partial charge >= 0.3 is 18.0 Å². The molecule has 0 aromatic rings. The van der Waals surface area contributed by atoms with E-state index < -0.39 is 24.0 Å². The summed E-state index contributed by atoms with van der Waals surface area (Å²) in [6.45, 7) is 1.12. The summed E-state index contributed by atoms with van der Waals surface area (Å²) in [7, 11) is 0. The number of carbonyl (C=O) groups excluding carboxylic acids is 2. The van der Waals surface area contributed by atoms with Crippen LogP contribution in [0.25, 0.3) is 0 Å². The third-order valence-electron chi connectivity index (χ3n) is 3.11. The van der Waals surface area contributed by atoms with E-state index in [1.807, 2.05) is 0 Å². The van der Waals surface area contributed by atoms with Crippen LogP contribution in [0.15, 0.2) is 0 Å². The van der Waals surface area contributed by atoms with E-state index in [2.05, 4.69) is 10.6 Å². The molecule has 0 bridgehead atoms. The second kappa shape index (κ2) is 8.08. The molecule has 0 aromatic heterocycles. The molecule has 1 heterocycles. The predicted molar refractivity (Wildman–Crippen MR) is 70.6 cm³/mol. The Morgan fingerprint density at radius 3 is 2.24 bits per heavy atom. The fourth-order valence-corrected chi connectivity index (χ4v) is 1.97. The molecule has 9 heteroatoms. The minimum Gasteiger partial charge on any atom is -0.481 e. The van der Waals surface area contributed by atoms with Gasteiger partial charge in [0.1, 0.15) is 6.04 Å². The van der Waals surface area contributed by atoms with Gasteiger partial charge in [-0.05, 0) is 19.3 Å². The van der Waals surface area contributed by atoms with E-state index in [1.54, 1.807) is 4.90 Å². The van der Waals surface area contributed by atoms with Gasteiger partial charge in [0.05, 0.1) is 6.54 Å². The van der Waals surface area contributed by atoms with Gasteiger partial charge in [-0.1, -0.05) is 0 Å². The first-order valence-electron chi connectivity index (χ1n) is 6.67. The highest BCUT2D eigenvalue weighted by Crippen LogP contribution is 2.06. The van der Waals surface area contributed by atoms with E-state index in [0.717, 1.165) is 12.8 Å². The highest BCUT2D eigenvalue weighted by molar-refractivity contribution is 5.86. The van der Waals surface area contributed by atoms with Crippen LogP contribution in [0.3, 0.4) is 0 Å². The average molecular weight is 301 g/mol. The molecule has 0 radical (unpaired) electrons. The average Bonchev–Trinajstić information content (AvgIpc) is 2.94. The van der Waals surface area contributed by atoms with Crippen LogP contribution in [-0.4, -0.2) is 64.7 Å². The predicted octanol–water partition coefficient (Wildman–Crippen LogP) is -0.774. The van der Waals surface area contributed by atoms with Crippen LogP contribution in [0.1, 0.15) is 25.7 Å². The minimum absolute atomic E-state index is 0.211. The van der Waals surface area contributed by atoms with Crippen molar-refractivity contribution in [2.75, 3.05) is 19.6 Å². The summed E-state index contributed by atoms with van der Waals surface area (Å²) in [5.74, 6) is -2.69. The van der Waals surface area contributed by atoms with Gasteiger partial charge in [-0.2, -0.15) is 0 Å². The van der Waals surface area contributed by atoms with E-state index in [-0.39, 0.29) is 25.3 Å². The Bertz CT molecular complexity index is 419. The minimum atomic E-state index is -1.32. The van der Waals surface area contributed by atoms with Crippen molar-refractivity contribution < 1.29 is 29.4 Å². The van der Waals surface area contributed by atoms with Crippen LogP contribution in [-0.2, 0) is 14.4 Å². The molecule has 118 valence electrons. The van der Waals surface area contributed by atoms with E-state index in [0.29, 0.717) is 13.1 Å². The maximum Gasteiger partial charge on any atom is 0.326 e. The Morgan fingerprint density at radius 2 is 1.71 bits per heavy atom. The first-order valence-corrected chi connectivity index (χ1v) is 6.67. The summed E-state index contributed by atoms with van der Waals surface area (Å²) in [5.41, 5.74) is 0. The summed E-state index contributed by atoms with van der Waals surface area (Å²) in [4.78, 5) is 46.1. The fraction of sp³-hybridized carbons (Fsp3) is 0.667. The Kier molecular flexibility index (Phi) is 6.44. The Morgan fingerprint density at radius 1 is 1.10 bits per heavy atom. The lowest BCUT2D eigenvalue weighted by Crippen LogP contribution is -2.48. The maximum atomic E-state index is 11.7. The van der Waals surface area contributed by atoms with Crippen molar-refractivity contribution in [2.24, 2.45) is 0 Å². The number of urea groups is 1. The number of carboxylic acids is 2. The third kappa shape index (κ3) is 6.11. The molecule has 1 aliphatic heterocycles. The van der Waals surface area contributed by atoms with Crippen LogP contribution in [0, 0.1) is 0 Å². The van der Waals surface area contributed by atoms with Crippen molar-refractivity contribution in [1.29, 1.82) is 0 Å². The zero-order chi connectivity index (χ0) is 15.8. The lowest BCUT2D eigenvalue weighted by molar-refractivity contribution is -0.140. The van der Waals surface area contributed by atoms with E-state index in [4.69, 9.17) is 10.2 Å². The molecule has 1 fully saturated rings. The molecule has 0 spiro atoms. The van der Waals surface area contributed by atoms with Crippen LogP contribution >= 0.6 is 0 Å². The van der Waals surface area contributed by atoms with Gasteiger partial charge in [0, 0.05) is 19.5 Å². The topological polar surface area (TPSA) is 136 Å². The van der Waals surface area contributed by atoms with Crippen LogP contribution < -0.4 is 10.6 Å². The molecule has 1 atom stereocenters. The van der Waals surface area contributed by atoms with Gasteiger partial charge in [-0.25, -0.2) is 9.59 Å². The molecule has 21 heavy (non-hydrogen) atoms. The number of likely N-dealkylation sites (tertiary alicyclic amines) is 1. The molecule has 0 unspecified atom stereocenters. The van der Waals surface area contributed by atoms with Crippen molar-refractivity contribution in [1.82, 2.24) is 15.5 Å². The molecule has 1 saturated heterocycles. The Hall–Kier alpha value is -2.32. The van der Waals surface area contributed by atoms with Gasteiger partial charge in [0.2, 0.25) is 5.91 Å². The van der Waals surface area contributed by atoms with Gasteiger partial charge in [-0.15, -0.1) is 0 Å². The van der Waals surface area contributed by atoms with Gasteiger partial charge < -0.3 is 25.7 Å². The smallest absolute Gasteiger partial charge is 0.326 e. The Labute approximate surface area is 121 Å². The number of hydrogen-bond acceptors (Lipinski definition) is 4. The lowest BCUT2D eigenvalue weighted by atomic mass is 10.1. The van der Waals surface area contributed by atoms with Gasteiger partial charge in [-0.3, -0.25) is 9.59 Å². The number of amides is 3.